The van der Waals surface area contributed by atoms with Crippen LogP contribution in [0.5, 0.6) is 5.75 Å². The Bertz CT molecular complexity index is 856. The van der Waals surface area contributed by atoms with Crippen LogP contribution in [0.1, 0.15) is 26.3 Å². The van der Waals surface area contributed by atoms with Gasteiger partial charge in [-0.1, -0.05) is 37.6 Å². The molecule has 7 nitrogen and oxygen atoms in total. The number of hydrogen-bond donors (Lipinski definition) is 2. The van der Waals surface area contributed by atoms with E-state index in [0.29, 0.717) is 48.7 Å². The van der Waals surface area contributed by atoms with Gasteiger partial charge in [0.1, 0.15) is 12.4 Å². The predicted molar refractivity (Wildman–Crippen MR) is 126 cm³/mol. The number of carbonyl (C=O) groups excluding carboxylic acids is 1. The molecular weight excluding hydrogens is 432 g/mol. The monoisotopic (exact) mass is 462 g/mol. The molecule has 2 aromatic rings. The Labute approximate surface area is 194 Å². The predicted octanol–water partition coefficient (Wildman–Crippen LogP) is 4.94. The third-order valence-corrected chi connectivity index (χ3v) is 4.84. The quantitative estimate of drug-likeness (QED) is 0.466. The van der Waals surface area contributed by atoms with E-state index in [-0.39, 0.29) is 12.5 Å². The van der Waals surface area contributed by atoms with Crippen molar-refractivity contribution >= 4 is 29.3 Å². The van der Waals surface area contributed by atoms with E-state index in [0.717, 1.165) is 5.56 Å². The second kappa shape index (κ2) is 12.9. The summed E-state index contributed by atoms with van der Waals surface area (Å²) in [5, 5.41) is 12.7. The molecule has 174 valence electrons. The van der Waals surface area contributed by atoms with Crippen molar-refractivity contribution in [3.05, 3.63) is 59.1 Å². The van der Waals surface area contributed by atoms with Crippen LogP contribution in [0.15, 0.2) is 48.5 Å². The average Bonchev–Trinajstić information content (AvgIpc) is 2.75. The molecule has 1 unspecified atom stereocenters. The molecule has 0 aromatic heterocycles. The molecule has 8 heteroatoms. The fourth-order valence-electron chi connectivity index (χ4n) is 3.08. The second-order valence-electron chi connectivity index (χ2n) is 7.76. The van der Waals surface area contributed by atoms with E-state index < -0.39 is 12.1 Å². The van der Waals surface area contributed by atoms with Gasteiger partial charge in [0.05, 0.1) is 6.54 Å². The van der Waals surface area contributed by atoms with Crippen molar-refractivity contribution in [1.82, 2.24) is 4.90 Å². The summed E-state index contributed by atoms with van der Waals surface area (Å²) in [5.41, 5.74) is 1.53. The number of carboxylic acids is 1. The number of carbonyl (C=O) groups is 2. The largest absolute Gasteiger partial charge is 0.492 e. The third-order valence-electron chi connectivity index (χ3n) is 4.59. The molecule has 32 heavy (non-hydrogen) atoms. The van der Waals surface area contributed by atoms with Gasteiger partial charge >= 0.3 is 12.0 Å². The Morgan fingerprint density at radius 2 is 1.75 bits per heavy atom. The van der Waals surface area contributed by atoms with Gasteiger partial charge in [0.2, 0.25) is 0 Å². The number of anilines is 1. The van der Waals surface area contributed by atoms with Gasteiger partial charge < -0.3 is 24.8 Å². The molecule has 0 heterocycles. The van der Waals surface area contributed by atoms with Crippen molar-refractivity contribution in [2.45, 2.75) is 33.3 Å². The van der Waals surface area contributed by atoms with E-state index in [1.54, 1.807) is 48.2 Å². The number of halogens is 1. The minimum Gasteiger partial charge on any atom is -0.492 e. The molecule has 0 radical (unpaired) electrons. The number of aliphatic carboxylic acids is 1. The zero-order valence-corrected chi connectivity index (χ0v) is 19.5. The summed E-state index contributed by atoms with van der Waals surface area (Å²) in [6, 6.07) is 14.0. The molecule has 2 amide bonds. The highest BCUT2D eigenvalue weighted by Gasteiger charge is 2.18. The molecule has 2 aromatic carbocycles. The Kier molecular flexibility index (Phi) is 10.3. The summed E-state index contributed by atoms with van der Waals surface area (Å²) in [6.07, 6.45) is -0.577. The Hall–Kier alpha value is -2.77. The standard InChI is InChI=1S/C24H31ClN2O5/c1-4-31-22(23(28)29)15-18-5-11-21(12-6-18)32-14-13-27(16-17(2)3)24(30)26-20-9-7-19(25)8-10-20/h5-12,17,22H,4,13-16H2,1-3H3,(H,26,30)(H,28,29). The normalized spacial score (nSPS) is 11.8. The van der Waals surface area contributed by atoms with Crippen LogP contribution in [-0.4, -0.2) is 54.4 Å². The van der Waals surface area contributed by atoms with Crippen LogP contribution in [0, 0.1) is 5.92 Å². The molecule has 0 saturated carbocycles. The molecule has 0 aliphatic carbocycles. The van der Waals surface area contributed by atoms with Crippen molar-refractivity contribution in [1.29, 1.82) is 0 Å². The second-order valence-corrected chi connectivity index (χ2v) is 8.19. The van der Waals surface area contributed by atoms with Crippen LogP contribution in [0.2, 0.25) is 5.02 Å². The molecular formula is C24H31ClN2O5. The Morgan fingerprint density at radius 3 is 2.31 bits per heavy atom. The molecule has 0 fully saturated rings. The topological polar surface area (TPSA) is 88.1 Å². The lowest BCUT2D eigenvalue weighted by atomic mass is 10.1. The SMILES string of the molecule is CCOC(Cc1ccc(OCCN(CC(C)C)C(=O)Nc2ccc(Cl)cc2)cc1)C(=O)O. The Balaban J connectivity index is 1.89. The first-order chi connectivity index (χ1) is 15.3. The summed E-state index contributed by atoms with van der Waals surface area (Å²) in [7, 11) is 0. The minimum atomic E-state index is -0.978. The first-order valence-electron chi connectivity index (χ1n) is 10.7. The number of benzene rings is 2. The number of nitrogens with zero attached hydrogens (tertiary/aromatic N) is 1. The molecule has 0 bridgehead atoms. The van der Waals surface area contributed by atoms with Crippen molar-refractivity contribution in [3.8, 4) is 5.75 Å². The van der Waals surface area contributed by atoms with E-state index in [1.165, 1.54) is 0 Å². The van der Waals surface area contributed by atoms with Gasteiger partial charge in [-0.15, -0.1) is 0 Å². The molecule has 0 saturated heterocycles. The van der Waals surface area contributed by atoms with Gasteiger partial charge in [0, 0.05) is 30.3 Å². The van der Waals surface area contributed by atoms with Crippen LogP contribution in [0.3, 0.4) is 0 Å². The average molecular weight is 463 g/mol. The van der Waals surface area contributed by atoms with Gasteiger partial charge in [-0.3, -0.25) is 0 Å². The van der Waals surface area contributed by atoms with Crippen molar-refractivity contribution < 1.29 is 24.2 Å². The van der Waals surface area contributed by atoms with Gasteiger partial charge in [0.15, 0.2) is 6.10 Å². The van der Waals surface area contributed by atoms with Gasteiger partial charge in [-0.25, -0.2) is 9.59 Å². The maximum absolute atomic E-state index is 12.7. The van der Waals surface area contributed by atoms with Crippen LogP contribution >= 0.6 is 11.6 Å². The first-order valence-corrected chi connectivity index (χ1v) is 11.0. The molecule has 2 rings (SSSR count). The number of hydrogen-bond acceptors (Lipinski definition) is 4. The zero-order valence-electron chi connectivity index (χ0n) is 18.7. The highest BCUT2D eigenvalue weighted by molar-refractivity contribution is 6.30. The summed E-state index contributed by atoms with van der Waals surface area (Å²) >= 11 is 5.90. The van der Waals surface area contributed by atoms with Crippen molar-refractivity contribution in [2.75, 3.05) is 31.6 Å². The van der Waals surface area contributed by atoms with Crippen LogP contribution in [-0.2, 0) is 16.0 Å². The number of carboxylic acid groups (broad SMARTS) is 1. The van der Waals surface area contributed by atoms with Gasteiger partial charge in [-0.2, -0.15) is 0 Å². The van der Waals surface area contributed by atoms with E-state index >= 15 is 0 Å². The zero-order chi connectivity index (χ0) is 23.5. The van der Waals surface area contributed by atoms with Gasteiger partial charge in [-0.05, 0) is 54.8 Å². The fourth-order valence-corrected chi connectivity index (χ4v) is 3.21. The van der Waals surface area contributed by atoms with E-state index in [4.69, 9.17) is 21.1 Å². The number of rotatable bonds is 12. The number of amides is 2. The van der Waals surface area contributed by atoms with Gasteiger partial charge in [0.25, 0.3) is 0 Å². The molecule has 0 aliphatic rings. The van der Waals surface area contributed by atoms with Crippen LogP contribution in [0.25, 0.3) is 0 Å². The smallest absolute Gasteiger partial charge is 0.333 e. The Morgan fingerprint density at radius 1 is 1.09 bits per heavy atom. The number of nitrogens with one attached hydrogen (secondary N) is 1. The lowest BCUT2D eigenvalue weighted by molar-refractivity contribution is -0.149. The van der Waals surface area contributed by atoms with E-state index in [2.05, 4.69) is 19.2 Å². The first kappa shape index (κ1) is 25.5. The summed E-state index contributed by atoms with van der Waals surface area (Å²) in [5.74, 6) is -0.0216. The molecule has 0 spiro atoms. The van der Waals surface area contributed by atoms with Crippen LogP contribution in [0.4, 0.5) is 10.5 Å². The minimum absolute atomic E-state index is 0.199. The maximum Gasteiger partial charge on any atom is 0.333 e. The fraction of sp³-hybridized carbons (Fsp3) is 0.417. The number of ether oxygens (including phenoxy) is 2. The highest BCUT2D eigenvalue weighted by atomic mass is 35.5. The lowest BCUT2D eigenvalue weighted by Crippen LogP contribution is -2.40. The van der Waals surface area contributed by atoms with Crippen LogP contribution < -0.4 is 10.1 Å². The third kappa shape index (κ3) is 8.77. The summed E-state index contributed by atoms with van der Waals surface area (Å²) < 4.78 is 11.1. The lowest BCUT2D eigenvalue weighted by Gasteiger charge is -2.25. The van der Waals surface area contributed by atoms with Crippen molar-refractivity contribution in [2.24, 2.45) is 5.92 Å². The summed E-state index contributed by atoms with van der Waals surface area (Å²) in [6.45, 7) is 7.56. The molecule has 2 N–H and O–H groups in total. The highest BCUT2D eigenvalue weighted by Crippen LogP contribution is 2.16. The van der Waals surface area contributed by atoms with E-state index in [1.807, 2.05) is 12.1 Å². The van der Waals surface area contributed by atoms with Crippen molar-refractivity contribution in [3.63, 3.8) is 0 Å². The number of urea groups is 1. The maximum atomic E-state index is 12.7. The molecule has 1 atom stereocenters. The summed E-state index contributed by atoms with van der Waals surface area (Å²) in [4.78, 5) is 25.6. The van der Waals surface area contributed by atoms with E-state index in [9.17, 15) is 14.7 Å². The molecule has 0 aliphatic heterocycles.